The molecule has 1 nitrogen and oxygen atoms in total. The van der Waals surface area contributed by atoms with Gasteiger partial charge in [0.2, 0.25) is 0 Å². The molecule has 0 spiro atoms. The molecule has 1 heteroatoms. The molecule has 0 aromatic heterocycles. The summed E-state index contributed by atoms with van der Waals surface area (Å²) in [5, 5.41) is 0. The highest BCUT2D eigenvalue weighted by atomic mass is 15.1. The topological polar surface area (TPSA) is 3.24 Å². The molecule has 0 heterocycles. The van der Waals surface area contributed by atoms with Gasteiger partial charge in [-0.15, -0.1) is 0 Å². The van der Waals surface area contributed by atoms with Gasteiger partial charge in [-0.3, -0.25) is 0 Å². The first-order valence-electron chi connectivity index (χ1n) is 4.01. The fraction of sp³-hybridized carbons (Fsp3) is 1.00. The summed E-state index contributed by atoms with van der Waals surface area (Å²) in [5.41, 5.74) is 0. The summed E-state index contributed by atoms with van der Waals surface area (Å²) in [5.74, 6) is 1.06. The molecule has 54 valence electrons. The Morgan fingerprint density at radius 2 is 2.11 bits per heavy atom. The van der Waals surface area contributed by atoms with Crippen LogP contribution in [-0.2, 0) is 0 Å². The molecule has 1 saturated carbocycles. The van der Waals surface area contributed by atoms with Crippen molar-refractivity contribution < 1.29 is 0 Å². The fourth-order valence-electron chi connectivity index (χ4n) is 1.21. The second kappa shape index (κ2) is 3.21. The summed E-state index contributed by atoms with van der Waals surface area (Å²) in [4.78, 5) is 2.44. The van der Waals surface area contributed by atoms with Crippen LogP contribution in [0.5, 0.6) is 0 Å². The molecule has 1 aliphatic carbocycles. The van der Waals surface area contributed by atoms with Crippen LogP contribution in [0.1, 0.15) is 26.2 Å². The zero-order valence-electron chi connectivity index (χ0n) is 6.56. The Labute approximate surface area is 58.0 Å². The van der Waals surface area contributed by atoms with Gasteiger partial charge in [0.15, 0.2) is 0 Å². The summed E-state index contributed by atoms with van der Waals surface area (Å²) in [6, 6.07) is 0. The van der Waals surface area contributed by atoms with E-state index in [-0.39, 0.29) is 0 Å². The largest absolute Gasteiger partial charge is 0.306 e. The van der Waals surface area contributed by atoms with Gasteiger partial charge >= 0.3 is 0 Å². The van der Waals surface area contributed by atoms with Crippen LogP contribution in [0.3, 0.4) is 0 Å². The molecule has 0 N–H and O–H groups in total. The lowest BCUT2D eigenvalue weighted by Gasteiger charge is -2.13. The van der Waals surface area contributed by atoms with E-state index in [1.807, 2.05) is 0 Å². The molecule has 1 aliphatic rings. The zero-order valence-corrected chi connectivity index (χ0v) is 6.56. The molecule has 0 amide bonds. The lowest BCUT2D eigenvalue weighted by atomic mass is 10.3. The number of rotatable bonds is 4. The van der Waals surface area contributed by atoms with E-state index >= 15 is 0 Å². The summed E-state index contributed by atoms with van der Waals surface area (Å²) >= 11 is 0. The molecular formula is C8H17N. The third-order valence-electron chi connectivity index (χ3n) is 1.87. The highest BCUT2D eigenvalue weighted by Gasteiger charge is 2.21. The summed E-state index contributed by atoms with van der Waals surface area (Å²) in [6.45, 7) is 4.85. The third-order valence-corrected chi connectivity index (χ3v) is 1.87. The number of hydrogen-bond acceptors (Lipinski definition) is 1. The molecule has 1 rings (SSSR count). The molecule has 1 fully saturated rings. The molecule has 0 aromatic carbocycles. The Morgan fingerprint density at radius 3 is 2.56 bits per heavy atom. The average molecular weight is 127 g/mol. The summed E-state index contributed by atoms with van der Waals surface area (Å²) in [7, 11) is 2.22. The minimum absolute atomic E-state index is 1.06. The quantitative estimate of drug-likeness (QED) is 0.556. The molecule has 0 radical (unpaired) electrons. The second-order valence-corrected chi connectivity index (χ2v) is 3.21. The first kappa shape index (κ1) is 7.07. The van der Waals surface area contributed by atoms with Gasteiger partial charge in [0.05, 0.1) is 0 Å². The maximum Gasteiger partial charge on any atom is 0.000661 e. The Morgan fingerprint density at radius 1 is 1.44 bits per heavy atom. The van der Waals surface area contributed by atoms with Crippen LogP contribution in [-0.4, -0.2) is 25.0 Å². The van der Waals surface area contributed by atoms with E-state index in [2.05, 4.69) is 18.9 Å². The Hall–Kier alpha value is -0.0400. The molecule has 0 saturated heterocycles. The van der Waals surface area contributed by atoms with Gasteiger partial charge in [-0.05, 0) is 38.8 Å². The third kappa shape index (κ3) is 2.85. The summed E-state index contributed by atoms with van der Waals surface area (Å²) in [6.07, 6.45) is 4.26. The second-order valence-electron chi connectivity index (χ2n) is 3.21. The van der Waals surface area contributed by atoms with Crippen LogP contribution in [0, 0.1) is 5.92 Å². The van der Waals surface area contributed by atoms with E-state index in [0.29, 0.717) is 0 Å². The maximum absolute atomic E-state index is 2.44. The smallest absolute Gasteiger partial charge is 0.000661 e. The van der Waals surface area contributed by atoms with E-state index < -0.39 is 0 Å². The lowest BCUT2D eigenvalue weighted by Crippen LogP contribution is -2.21. The van der Waals surface area contributed by atoms with Crippen molar-refractivity contribution in [3.63, 3.8) is 0 Å². The van der Waals surface area contributed by atoms with Crippen molar-refractivity contribution in [2.24, 2.45) is 5.92 Å². The summed E-state index contributed by atoms with van der Waals surface area (Å²) < 4.78 is 0. The van der Waals surface area contributed by atoms with Crippen molar-refractivity contribution in [3.8, 4) is 0 Å². The predicted octanol–water partition coefficient (Wildman–Crippen LogP) is 1.74. The molecule has 0 aliphatic heterocycles. The molecule has 0 aromatic rings. The lowest BCUT2D eigenvalue weighted by molar-refractivity contribution is 0.321. The van der Waals surface area contributed by atoms with E-state index in [0.717, 1.165) is 5.92 Å². The Kier molecular flexibility index (Phi) is 2.52. The minimum Gasteiger partial charge on any atom is -0.306 e. The first-order valence-corrected chi connectivity index (χ1v) is 4.01. The van der Waals surface area contributed by atoms with Gasteiger partial charge in [-0.1, -0.05) is 6.92 Å². The van der Waals surface area contributed by atoms with Crippen LogP contribution in [0.25, 0.3) is 0 Å². The molecule has 9 heavy (non-hydrogen) atoms. The van der Waals surface area contributed by atoms with Crippen molar-refractivity contribution >= 4 is 0 Å². The molecule has 0 unspecified atom stereocenters. The van der Waals surface area contributed by atoms with E-state index in [9.17, 15) is 0 Å². The fourth-order valence-corrected chi connectivity index (χ4v) is 1.21. The highest BCUT2D eigenvalue weighted by molar-refractivity contribution is 4.75. The monoisotopic (exact) mass is 127 g/mol. The van der Waals surface area contributed by atoms with Gasteiger partial charge < -0.3 is 4.90 Å². The Balaban J connectivity index is 1.95. The SMILES string of the molecule is CCCN(C)CC1CC1. The highest BCUT2D eigenvalue weighted by Crippen LogP contribution is 2.29. The van der Waals surface area contributed by atoms with Crippen molar-refractivity contribution in [3.05, 3.63) is 0 Å². The normalized spacial score (nSPS) is 19.0. The van der Waals surface area contributed by atoms with Gasteiger partial charge in [0.25, 0.3) is 0 Å². The molecule has 0 bridgehead atoms. The van der Waals surface area contributed by atoms with Crippen LogP contribution in [0.15, 0.2) is 0 Å². The number of nitrogens with zero attached hydrogens (tertiary/aromatic N) is 1. The van der Waals surface area contributed by atoms with Gasteiger partial charge in [0.1, 0.15) is 0 Å². The first-order chi connectivity index (χ1) is 4.33. The standard InChI is InChI=1S/C8H17N/c1-3-6-9(2)7-8-4-5-8/h8H,3-7H2,1-2H3. The van der Waals surface area contributed by atoms with E-state index in [1.54, 1.807) is 0 Å². The maximum atomic E-state index is 2.44. The molecule has 0 atom stereocenters. The number of hydrogen-bond donors (Lipinski definition) is 0. The van der Waals surface area contributed by atoms with E-state index in [1.165, 1.54) is 32.4 Å². The predicted molar refractivity (Wildman–Crippen MR) is 40.5 cm³/mol. The van der Waals surface area contributed by atoms with Crippen LogP contribution >= 0.6 is 0 Å². The molecular weight excluding hydrogens is 110 g/mol. The van der Waals surface area contributed by atoms with Crippen LogP contribution < -0.4 is 0 Å². The van der Waals surface area contributed by atoms with Gasteiger partial charge in [-0.2, -0.15) is 0 Å². The van der Waals surface area contributed by atoms with Crippen molar-refractivity contribution in [2.45, 2.75) is 26.2 Å². The van der Waals surface area contributed by atoms with Crippen LogP contribution in [0.2, 0.25) is 0 Å². The zero-order chi connectivity index (χ0) is 6.69. The van der Waals surface area contributed by atoms with Gasteiger partial charge in [-0.25, -0.2) is 0 Å². The minimum atomic E-state index is 1.06. The van der Waals surface area contributed by atoms with Crippen molar-refractivity contribution in [2.75, 3.05) is 20.1 Å². The average Bonchev–Trinajstić information content (AvgIpc) is 2.50. The van der Waals surface area contributed by atoms with E-state index in [4.69, 9.17) is 0 Å². The van der Waals surface area contributed by atoms with Crippen molar-refractivity contribution in [1.82, 2.24) is 4.90 Å². The van der Waals surface area contributed by atoms with Crippen molar-refractivity contribution in [1.29, 1.82) is 0 Å². The van der Waals surface area contributed by atoms with Gasteiger partial charge in [0, 0.05) is 6.54 Å². The Bertz CT molecular complexity index is 76.6. The van der Waals surface area contributed by atoms with Crippen LogP contribution in [0.4, 0.5) is 0 Å².